The van der Waals surface area contributed by atoms with Crippen LogP contribution in [0.2, 0.25) is 0 Å². The summed E-state index contributed by atoms with van der Waals surface area (Å²) in [6, 6.07) is 10.7. The van der Waals surface area contributed by atoms with Crippen molar-refractivity contribution in [3.8, 4) is 0 Å². The lowest BCUT2D eigenvalue weighted by molar-refractivity contribution is 0.559. The van der Waals surface area contributed by atoms with Crippen LogP contribution in [-0.2, 0) is 19.4 Å². The standard InChI is InChI=1S/C16H20N2S/c19-11-14(13-6-2-1-3-7-13)10-18-12-17-15-8-4-5-9-16(15)18/h1-3,6-7,12,14,19H,4-5,8-11H2. The zero-order chi connectivity index (χ0) is 13.1. The second kappa shape index (κ2) is 5.83. The van der Waals surface area contributed by atoms with Crippen LogP contribution in [0.5, 0.6) is 0 Å². The summed E-state index contributed by atoms with van der Waals surface area (Å²) in [4.78, 5) is 4.58. The fraction of sp³-hybridized carbons (Fsp3) is 0.438. The summed E-state index contributed by atoms with van der Waals surface area (Å²) in [6.45, 7) is 0.996. The minimum Gasteiger partial charge on any atom is -0.334 e. The van der Waals surface area contributed by atoms with Crippen LogP contribution in [0.25, 0.3) is 0 Å². The van der Waals surface area contributed by atoms with Crippen LogP contribution in [0.15, 0.2) is 36.7 Å². The SMILES string of the molecule is SCC(Cn1cnc2c1CCCC2)c1ccccc1. The maximum atomic E-state index is 4.58. The van der Waals surface area contributed by atoms with Crippen molar-refractivity contribution in [2.75, 3.05) is 5.75 Å². The number of fused-ring (bicyclic) bond motifs is 1. The van der Waals surface area contributed by atoms with Gasteiger partial charge in [0, 0.05) is 18.2 Å². The smallest absolute Gasteiger partial charge is 0.0951 e. The molecule has 1 aliphatic rings. The Morgan fingerprint density at radius 1 is 1.16 bits per heavy atom. The third kappa shape index (κ3) is 2.71. The molecule has 1 aliphatic carbocycles. The van der Waals surface area contributed by atoms with Crippen molar-refractivity contribution in [1.82, 2.24) is 9.55 Å². The van der Waals surface area contributed by atoms with E-state index in [1.807, 2.05) is 6.33 Å². The van der Waals surface area contributed by atoms with Gasteiger partial charge in [-0.1, -0.05) is 30.3 Å². The molecule has 0 fully saturated rings. The zero-order valence-electron chi connectivity index (χ0n) is 11.1. The van der Waals surface area contributed by atoms with Crippen LogP contribution < -0.4 is 0 Å². The Morgan fingerprint density at radius 2 is 1.95 bits per heavy atom. The maximum absolute atomic E-state index is 4.58. The molecular formula is C16H20N2S. The van der Waals surface area contributed by atoms with E-state index in [2.05, 4.69) is 52.5 Å². The summed E-state index contributed by atoms with van der Waals surface area (Å²) < 4.78 is 2.35. The molecular weight excluding hydrogens is 252 g/mol. The molecule has 1 atom stereocenters. The van der Waals surface area contributed by atoms with Crippen molar-refractivity contribution >= 4 is 12.6 Å². The van der Waals surface area contributed by atoms with Gasteiger partial charge in [0.15, 0.2) is 0 Å². The molecule has 1 heterocycles. The number of aromatic nitrogens is 2. The van der Waals surface area contributed by atoms with Gasteiger partial charge in [0.1, 0.15) is 0 Å². The summed E-state index contributed by atoms with van der Waals surface area (Å²) >= 11 is 4.53. The number of imidazole rings is 1. The largest absolute Gasteiger partial charge is 0.334 e. The molecule has 0 spiro atoms. The number of hydrogen-bond donors (Lipinski definition) is 1. The molecule has 100 valence electrons. The minimum absolute atomic E-state index is 0.463. The maximum Gasteiger partial charge on any atom is 0.0951 e. The van der Waals surface area contributed by atoms with E-state index in [1.54, 1.807) is 0 Å². The summed E-state index contributed by atoms with van der Waals surface area (Å²) in [5.41, 5.74) is 4.14. The molecule has 0 aliphatic heterocycles. The van der Waals surface area contributed by atoms with E-state index < -0.39 is 0 Å². The lowest BCUT2D eigenvalue weighted by Crippen LogP contribution is -2.14. The lowest BCUT2D eigenvalue weighted by atomic mass is 9.99. The molecule has 0 radical (unpaired) electrons. The second-order valence-electron chi connectivity index (χ2n) is 5.29. The van der Waals surface area contributed by atoms with Gasteiger partial charge in [0.05, 0.1) is 12.0 Å². The summed E-state index contributed by atoms with van der Waals surface area (Å²) in [5.74, 6) is 1.33. The van der Waals surface area contributed by atoms with E-state index >= 15 is 0 Å². The average molecular weight is 272 g/mol. The third-order valence-electron chi connectivity index (χ3n) is 4.02. The highest BCUT2D eigenvalue weighted by Gasteiger charge is 2.18. The number of nitrogens with zero attached hydrogens (tertiary/aromatic N) is 2. The van der Waals surface area contributed by atoms with Crippen LogP contribution in [0.3, 0.4) is 0 Å². The van der Waals surface area contributed by atoms with Crippen molar-refractivity contribution in [3.63, 3.8) is 0 Å². The summed E-state index contributed by atoms with van der Waals surface area (Å²) in [6.07, 6.45) is 6.95. The molecule has 0 bridgehead atoms. The summed E-state index contributed by atoms with van der Waals surface area (Å²) in [5, 5.41) is 0. The van der Waals surface area contributed by atoms with Crippen LogP contribution in [0.4, 0.5) is 0 Å². The molecule has 0 saturated heterocycles. The van der Waals surface area contributed by atoms with E-state index in [9.17, 15) is 0 Å². The molecule has 19 heavy (non-hydrogen) atoms. The quantitative estimate of drug-likeness (QED) is 0.844. The highest BCUT2D eigenvalue weighted by atomic mass is 32.1. The van der Waals surface area contributed by atoms with Gasteiger partial charge in [-0.3, -0.25) is 0 Å². The number of benzene rings is 1. The van der Waals surface area contributed by atoms with Crippen molar-refractivity contribution in [1.29, 1.82) is 0 Å². The molecule has 2 nitrogen and oxygen atoms in total. The molecule has 0 amide bonds. The topological polar surface area (TPSA) is 17.8 Å². The number of aryl methyl sites for hydroxylation is 1. The highest BCUT2D eigenvalue weighted by Crippen LogP contribution is 2.24. The molecule has 3 heteroatoms. The Kier molecular flexibility index (Phi) is 3.92. The first-order valence-electron chi connectivity index (χ1n) is 7.07. The van der Waals surface area contributed by atoms with Gasteiger partial charge in [-0.05, 0) is 37.0 Å². The monoisotopic (exact) mass is 272 g/mol. The van der Waals surface area contributed by atoms with Crippen LogP contribution in [0, 0.1) is 0 Å². The van der Waals surface area contributed by atoms with Gasteiger partial charge < -0.3 is 4.57 Å². The Labute approximate surface area is 120 Å². The van der Waals surface area contributed by atoms with Crippen molar-refractivity contribution in [2.45, 2.75) is 38.1 Å². The van der Waals surface area contributed by atoms with Gasteiger partial charge in [-0.25, -0.2) is 4.98 Å². The molecule has 0 N–H and O–H groups in total. The Balaban J connectivity index is 1.82. The zero-order valence-corrected chi connectivity index (χ0v) is 12.0. The van der Waals surface area contributed by atoms with Gasteiger partial charge in [0.2, 0.25) is 0 Å². The first-order chi connectivity index (χ1) is 9.38. The first-order valence-corrected chi connectivity index (χ1v) is 7.70. The van der Waals surface area contributed by atoms with Crippen molar-refractivity contribution < 1.29 is 0 Å². The van der Waals surface area contributed by atoms with E-state index in [0.29, 0.717) is 5.92 Å². The number of thiol groups is 1. The second-order valence-corrected chi connectivity index (χ2v) is 5.65. The van der Waals surface area contributed by atoms with Gasteiger partial charge in [-0.15, -0.1) is 0 Å². The van der Waals surface area contributed by atoms with Gasteiger partial charge >= 0.3 is 0 Å². The van der Waals surface area contributed by atoms with E-state index in [4.69, 9.17) is 0 Å². The van der Waals surface area contributed by atoms with E-state index in [0.717, 1.165) is 18.7 Å². The van der Waals surface area contributed by atoms with Crippen molar-refractivity contribution in [3.05, 3.63) is 53.6 Å². The molecule has 1 aromatic carbocycles. The normalized spacial score (nSPS) is 16.1. The Bertz CT molecular complexity index is 533. The third-order valence-corrected chi connectivity index (χ3v) is 4.46. The molecule has 0 saturated carbocycles. The van der Waals surface area contributed by atoms with Gasteiger partial charge in [-0.2, -0.15) is 12.6 Å². The highest BCUT2D eigenvalue weighted by molar-refractivity contribution is 7.80. The van der Waals surface area contributed by atoms with Crippen LogP contribution in [-0.4, -0.2) is 15.3 Å². The number of rotatable bonds is 4. The Morgan fingerprint density at radius 3 is 2.74 bits per heavy atom. The fourth-order valence-electron chi connectivity index (χ4n) is 2.92. The molecule has 1 unspecified atom stereocenters. The first kappa shape index (κ1) is 12.8. The lowest BCUT2D eigenvalue weighted by Gasteiger charge is -2.19. The summed E-state index contributed by atoms with van der Waals surface area (Å²) in [7, 11) is 0. The molecule has 1 aromatic heterocycles. The predicted octanol–water partition coefficient (Wildman–Crippen LogP) is 3.48. The van der Waals surface area contributed by atoms with E-state index in [-0.39, 0.29) is 0 Å². The average Bonchev–Trinajstić information content (AvgIpc) is 2.89. The predicted molar refractivity (Wildman–Crippen MR) is 81.9 cm³/mol. The van der Waals surface area contributed by atoms with Crippen molar-refractivity contribution in [2.24, 2.45) is 0 Å². The van der Waals surface area contributed by atoms with Crippen LogP contribution >= 0.6 is 12.6 Å². The van der Waals surface area contributed by atoms with Crippen LogP contribution in [0.1, 0.15) is 35.7 Å². The number of hydrogen-bond acceptors (Lipinski definition) is 2. The van der Waals surface area contributed by atoms with E-state index in [1.165, 1.54) is 36.2 Å². The Hall–Kier alpha value is -1.22. The fourth-order valence-corrected chi connectivity index (χ4v) is 3.25. The van der Waals surface area contributed by atoms with Gasteiger partial charge in [0.25, 0.3) is 0 Å². The minimum atomic E-state index is 0.463. The molecule has 2 aromatic rings. The molecule has 3 rings (SSSR count).